The van der Waals surface area contributed by atoms with Gasteiger partial charge in [-0.25, -0.2) is 4.79 Å². The maximum Gasteiger partial charge on any atom is 0.338 e. The molecule has 2 aromatic carbocycles. The first kappa shape index (κ1) is 16.9. The number of carbonyl (C=O) groups excluding carboxylic acids is 1. The van der Waals surface area contributed by atoms with Crippen LogP contribution in [-0.2, 0) is 11.2 Å². The molecular weight excluding hydrogens is 334 g/mol. The maximum atomic E-state index is 12.0. The zero-order valence-corrected chi connectivity index (χ0v) is 14.3. The van der Waals surface area contributed by atoms with Crippen molar-refractivity contribution in [1.29, 1.82) is 0 Å². The molecule has 1 amide bonds. The molecule has 0 spiro atoms. The predicted molar refractivity (Wildman–Crippen MR) is 100 cm³/mol. The van der Waals surface area contributed by atoms with Crippen LogP contribution in [0.25, 0.3) is 11.1 Å². The maximum absolute atomic E-state index is 12.0. The number of aryl methyl sites for hydroxylation is 1. The molecule has 4 nitrogen and oxygen atoms in total. The van der Waals surface area contributed by atoms with Gasteiger partial charge in [0, 0.05) is 17.2 Å². The number of anilines is 1. The first-order chi connectivity index (χ1) is 12.1. The third-order valence-electron chi connectivity index (χ3n) is 3.87. The molecule has 2 N–H and O–H groups in total. The Morgan fingerprint density at radius 1 is 0.920 bits per heavy atom. The molecular formula is C20H17NO3S. The van der Waals surface area contributed by atoms with Crippen LogP contribution in [-0.4, -0.2) is 17.0 Å². The Hall–Kier alpha value is -2.92. The lowest BCUT2D eigenvalue weighted by molar-refractivity contribution is -0.116. The van der Waals surface area contributed by atoms with E-state index in [4.69, 9.17) is 5.11 Å². The van der Waals surface area contributed by atoms with E-state index in [9.17, 15) is 9.59 Å². The number of nitrogens with one attached hydrogen (secondary N) is 1. The van der Waals surface area contributed by atoms with Crippen LogP contribution in [0.1, 0.15) is 22.3 Å². The van der Waals surface area contributed by atoms with Gasteiger partial charge in [0.05, 0.1) is 11.3 Å². The molecule has 5 heteroatoms. The van der Waals surface area contributed by atoms with Gasteiger partial charge in [-0.05, 0) is 23.1 Å². The number of amides is 1. The van der Waals surface area contributed by atoms with Crippen LogP contribution in [0.5, 0.6) is 0 Å². The van der Waals surface area contributed by atoms with E-state index in [2.05, 4.69) is 17.4 Å². The van der Waals surface area contributed by atoms with Gasteiger partial charge >= 0.3 is 5.97 Å². The Balaban J connectivity index is 1.57. The number of carboxylic acids is 1. The second-order valence-corrected chi connectivity index (χ2v) is 6.36. The monoisotopic (exact) mass is 351 g/mol. The minimum absolute atomic E-state index is 0.130. The zero-order chi connectivity index (χ0) is 17.6. The topological polar surface area (TPSA) is 66.4 Å². The summed E-state index contributed by atoms with van der Waals surface area (Å²) in [4.78, 5) is 23.1. The normalized spacial score (nSPS) is 10.4. The van der Waals surface area contributed by atoms with Crippen molar-refractivity contribution >= 4 is 28.9 Å². The predicted octanol–water partition coefficient (Wildman–Crippen LogP) is 4.68. The largest absolute Gasteiger partial charge is 0.478 e. The summed E-state index contributed by atoms with van der Waals surface area (Å²) in [6.07, 6.45) is 0.910. The van der Waals surface area contributed by atoms with E-state index < -0.39 is 5.97 Å². The number of rotatable bonds is 6. The van der Waals surface area contributed by atoms with E-state index >= 15 is 0 Å². The first-order valence-electron chi connectivity index (χ1n) is 7.87. The molecule has 3 rings (SSSR count). The molecule has 126 valence electrons. The molecule has 0 radical (unpaired) electrons. The van der Waals surface area contributed by atoms with E-state index in [1.807, 2.05) is 42.5 Å². The number of benzene rings is 2. The second-order valence-electron chi connectivity index (χ2n) is 5.62. The molecule has 0 atom stereocenters. The van der Waals surface area contributed by atoms with Crippen LogP contribution in [0.2, 0.25) is 0 Å². The van der Waals surface area contributed by atoms with Crippen molar-refractivity contribution < 1.29 is 14.7 Å². The number of aromatic carboxylic acids is 1. The summed E-state index contributed by atoms with van der Waals surface area (Å²) < 4.78 is 0. The number of carbonyl (C=O) groups is 2. The second kappa shape index (κ2) is 7.77. The molecule has 0 saturated carbocycles. The third kappa shape index (κ3) is 4.33. The number of thiophene rings is 1. The molecule has 0 bridgehead atoms. The summed E-state index contributed by atoms with van der Waals surface area (Å²) in [7, 11) is 0. The fourth-order valence-corrected chi connectivity index (χ4v) is 3.28. The van der Waals surface area contributed by atoms with Gasteiger partial charge in [0.2, 0.25) is 5.91 Å². The van der Waals surface area contributed by atoms with Crippen LogP contribution >= 0.6 is 11.3 Å². The van der Waals surface area contributed by atoms with Gasteiger partial charge in [-0.15, -0.1) is 11.3 Å². The molecule has 25 heavy (non-hydrogen) atoms. The van der Waals surface area contributed by atoms with Gasteiger partial charge < -0.3 is 10.4 Å². The van der Waals surface area contributed by atoms with E-state index in [1.165, 1.54) is 16.7 Å². The van der Waals surface area contributed by atoms with Crippen LogP contribution in [0, 0.1) is 0 Å². The molecule has 1 heterocycles. The van der Waals surface area contributed by atoms with Crippen molar-refractivity contribution in [3.63, 3.8) is 0 Å². The lowest BCUT2D eigenvalue weighted by atomic mass is 10.0. The highest BCUT2D eigenvalue weighted by atomic mass is 32.1. The SMILES string of the molecule is O=C(CCc1ccc(-c2ccccc2)cc1)Nc1cscc1C(=O)O. The van der Waals surface area contributed by atoms with Crippen molar-refractivity contribution in [1.82, 2.24) is 0 Å². The van der Waals surface area contributed by atoms with Crippen LogP contribution in [0.4, 0.5) is 5.69 Å². The van der Waals surface area contributed by atoms with Crippen LogP contribution < -0.4 is 5.32 Å². The molecule has 0 fully saturated rings. The van der Waals surface area contributed by atoms with Crippen LogP contribution in [0.3, 0.4) is 0 Å². The molecule has 0 aliphatic heterocycles. The molecule has 0 aliphatic carbocycles. The summed E-state index contributed by atoms with van der Waals surface area (Å²) in [6, 6.07) is 18.2. The van der Waals surface area contributed by atoms with Gasteiger partial charge in [0.1, 0.15) is 0 Å². The fourth-order valence-electron chi connectivity index (χ4n) is 2.52. The van der Waals surface area contributed by atoms with Crippen molar-refractivity contribution in [3.05, 3.63) is 76.5 Å². The minimum Gasteiger partial charge on any atom is -0.478 e. The summed E-state index contributed by atoms with van der Waals surface area (Å²) >= 11 is 1.25. The Morgan fingerprint density at radius 2 is 1.60 bits per heavy atom. The lowest BCUT2D eigenvalue weighted by Crippen LogP contribution is -2.14. The van der Waals surface area contributed by atoms with E-state index in [-0.39, 0.29) is 11.5 Å². The molecule has 0 aliphatic rings. The summed E-state index contributed by atoms with van der Waals surface area (Å²) in [5.74, 6) is -1.22. The fraction of sp³-hybridized carbons (Fsp3) is 0.100. The summed E-state index contributed by atoms with van der Waals surface area (Å²) in [6.45, 7) is 0. The minimum atomic E-state index is -1.03. The quantitative estimate of drug-likeness (QED) is 0.677. The highest BCUT2D eigenvalue weighted by molar-refractivity contribution is 7.08. The van der Waals surface area contributed by atoms with E-state index in [1.54, 1.807) is 5.38 Å². The average Bonchev–Trinajstić information content (AvgIpc) is 3.09. The molecule has 0 saturated heterocycles. The number of hydrogen-bond donors (Lipinski definition) is 2. The highest BCUT2D eigenvalue weighted by Crippen LogP contribution is 2.22. The standard InChI is InChI=1S/C20H17NO3S/c22-19(21-18-13-25-12-17(18)20(23)24)11-8-14-6-9-16(10-7-14)15-4-2-1-3-5-15/h1-7,9-10,12-13H,8,11H2,(H,21,22)(H,23,24). The molecule has 3 aromatic rings. The smallest absolute Gasteiger partial charge is 0.338 e. The van der Waals surface area contributed by atoms with Crippen molar-refractivity contribution in [2.75, 3.05) is 5.32 Å². The van der Waals surface area contributed by atoms with Gasteiger partial charge in [0.25, 0.3) is 0 Å². The van der Waals surface area contributed by atoms with Gasteiger partial charge in [0.15, 0.2) is 0 Å². The van der Waals surface area contributed by atoms with E-state index in [0.29, 0.717) is 18.5 Å². The Labute approximate surface area is 149 Å². The first-order valence-corrected chi connectivity index (χ1v) is 8.81. The Morgan fingerprint density at radius 3 is 2.28 bits per heavy atom. The van der Waals surface area contributed by atoms with Gasteiger partial charge in [-0.1, -0.05) is 54.6 Å². The average molecular weight is 351 g/mol. The van der Waals surface area contributed by atoms with Gasteiger partial charge in [-0.2, -0.15) is 0 Å². The van der Waals surface area contributed by atoms with Crippen molar-refractivity contribution in [2.24, 2.45) is 0 Å². The number of hydrogen-bond acceptors (Lipinski definition) is 3. The Bertz CT molecular complexity index is 869. The Kier molecular flexibility index (Phi) is 5.26. The molecule has 1 aromatic heterocycles. The summed E-state index contributed by atoms with van der Waals surface area (Å²) in [5.41, 5.74) is 3.86. The van der Waals surface area contributed by atoms with Gasteiger partial charge in [-0.3, -0.25) is 4.79 Å². The van der Waals surface area contributed by atoms with Crippen molar-refractivity contribution in [2.45, 2.75) is 12.8 Å². The van der Waals surface area contributed by atoms with Crippen LogP contribution in [0.15, 0.2) is 65.4 Å². The zero-order valence-electron chi connectivity index (χ0n) is 13.4. The molecule has 0 unspecified atom stereocenters. The number of carboxylic acid groups (broad SMARTS) is 1. The van der Waals surface area contributed by atoms with Crippen molar-refractivity contribution in [3.8, 4) is 11.1 Å². The van der Waals surface area contributed by atoms with E-state index in [0.717, 1.165) is 16.7 Å². The highest BCUT2D eigenvalue weighted by Gasteiger charge is 2.13. The third-order valence-corrected chi connectivity index (χ3v) is 4.61. The summed E-state index contributed by atoms with van der Waals surface area (Å²) in [5, 5.41) is 14.9. The lowest BCUT2D eigenvalue weighted by Gasteiger charge is -2.06.